The van der Waals surface area contributed by atoms with Gasteiger partial charge in [0.25, 0.3) is 0 Å². The molecule has 0 heterocycles. The maximum atomic E-state index is 14.9. The molecule has 610 valence electrons. The Morgan fingerprint density at radius 3 is 0.772 bits per heavy atom. The van der Waals surface area contributed by atoms with Gasteiger partial charge in [-0.2, -0.15) is 95.9 Å². The molecule has 8 nitrogen and oxygen atoms in total. The lowest BCUT2D eigenvalue weighted by atomic mass is 9.85. The molecule has 0 atom stereocenters. The van der Waals surface area contributed by atoms with Crippen LogP contribution in [0.4, 0.5) is 79.0 Å². The average Bonchev–Trinajstić information content (AvgIpc) is 0.725. The zero-order valence-corrected chi connectivity index (χ0v) is 63.3. The molecule has 9 rings (SSSR count). The molecule has 0 amide bonds. The highest BCUT2D eigenvalue weighted by Gasteiger charge is 2.87. The van der Waals surface area contributed by atoms with Gasteiger partial charge in [0.1, 0.15) is 0 Å². The van der Waals surface area contributed by atoms with E-state index in [0.717, 1.165) is 127 Å². The molecule has 9 aromatic rings. The third-order valence-electron chi connectivity index (χ3n) is 19.7. The van der Waals surface area contributed by atoms with Gasteiger partial charge in [-0.05, 0) is 115 Å². The molecule has 0 fully saturated rings. The Kier molecular flexibility index (Phi) is 28.4. The largest absolute Gasteiger partial charge is 0.460 e. The Morgan fingerprint density at radius 1 is 0.263 bits per heavy atom. The van der Waals surface area contributed by atoms with Gasteiger partial charge in [0.15, 0.2) is 23.1 Å². The van der Waals surface area contributed by atoms with Gasteiger partial charge in [-0.3, -0.25) is 9.59 Å². The molecule has 0 aliphatic carbocycles. The predicted molar refractivity (Wildman–Crippen MR) is 403 cm³/mol. The predicted octanol–water partition coefficient (Wildman–Crippen LogP) is 27.5. The summed E-state index contributed by atoms with van der Waals surface area (Å²) in [5.74, 6) is -32.7. The standard InChI is InChI=1S/C86H80F18O8S2/c1-3-5-7-9-11-13-15-17-19-35-75(105)63-51-53-71(69-33-23-21-29-65(69)57-39-43-59(44-40-57)67-31-25-27-37-77(67)111-113(107,108)85(101,102)81(91,92)79(87,88)83(95,96)97)73(55-63)61-47-49-62(50-48-61)74-56-64(76(106)36-20-18-16-14-12-10-8-6-4-2)52-54-72(74)70-34-24-22-30-66(70)58-41-45-60(46-42-58)68-32-26-28-38-78(68)112-114(109,110)86(103,104)82(93,94)80(89,90)84(98,99)100/h21-34,37-56H,3-20,35-36H2,1-2H3. The van der Waals surface area contributed by atoms with Crippen LogP contribution in [0.1, 0.15) is 163 Å². The van der Waals surface area contributed by atoms with E-state index >= 15 is 0 Å². The maximum absolute atomic E-state index is 14.9. The van der Waals surface area contributed by atoms with Crippen LogP contribution in [0.25, 0.3) is 89.0 Å². The Morgan fingerprint density at radius 2 is 0.491 bits per heavy atom. The van der Waals surface area contributed by atoms with Crippen molar-refractivity contribution in [3.8, 4) is 101 Å². The third kappa shape index (κ3) is 19.2. The summed E-state index contributed by atoms with van der Waals surface area (Å²) in [4.78, 5) is 28.6. The molecule has 0 aliphatic rings. The van der Waals surface area contributed by atoms with Crippen molar-refractivity contribution in [2.75, 3.05) is 0 Å². The van der Waals surface area contributed by atoms with E-state index in [0.29, 0.717) is 103 Å². The van der Waals surface area contributed by atoms with E-state index in [-0.39, 0.29) is 35.5 Å². The Labute approximate surface area is 649 Å². The summed E-state index contributed by atoms with van der Waals surface area (Å²) in [7, 11) is -14.6. The summed E-state index contributed by atoms with van der Waals surface area (Å²) in [5.41, 5.74) is 6.58. The number of unbranched alkanes of at least 4 members (excludes halogenated alkanes) is 16. The van der Waals surface area contributed by atoms with E-state index in [2.05, 4.69) is 22.2 Å². The first kappa shape index (κ1) is 88.5. The molecule has 0 spiro atoms. The van der Waals surface area contributed by atoms with E-state index in [9.17, 15) is 105 Å². The molecule has 0 unspecified atom stereocenters. The first-order valence-corrected chi connectivity index (χ1v) is 39.8. The molecule has 0 aliphatic heterocycles. The first-order chi connectivity index (χ1) is 53.7. The number of Topliss-reactive ketones (excluding diaryl/α,β-unsaturated/α-hetero) is 2. The monoisotopic (exact) mass is 1650 g/mol. The van der Waals surface area contributed by atoms with Crippen molar-refractivity contribution in [1.29, 1.82) is 0 Å². The van der Waals surface area contributed by atoms with Crippen LogP contribution in [0.3, 0.4) is 0 Å². The average molecular weight is 1650 g/mol. The molecule has 0 saturated carbocycles. The number of alkyl halides is 18. The van der Waals surface area contributed by atoms with Crippen LogP contribution in [0.2, 0.25) is 0 Å². The lowest BCUT2D eigenvalue weighted by Gasteiger charge is -2.32. The van der Waals surface area contributed by atoms with Gasteiger partial charge in [-0.25, -0.2) is 0 Å². The highest BCUT2D eigenvalue weighted by atomic mass is 32.2. The van der Waals surface area contributed by atoms with Gasteiger partial charge in [-0.15, -0.1) is 0 Å². The SMILES string of the molecule is CCCCCCCCCCCC(=O)c1ccc(-c2ccccc2-c2ccc(-c3ccccc3OS(=O)(=O)C(F)(F)C(F)(F)C(F)(F)C(F)(F)F)cc2)c(-c2ccc(-c3cc(C(=O)CCCCCCCCCCC)ccc3-c3ccccc3-c3ccc(-c4ccccc4OS(=O)(=O)C(F)(F)C(F)(F)C(F)(F)C(F)(F)F)cc3)cc2)c1. The Hall–Kier alpha value is -9.44. The lowest BCUT2D eigenvalue weighted by molar-refractivity contribution is -0.382. The van der Waals surface area contributed by atoms with E-state index in [1.54, 1.807) is 84.9 Å². The van der Waals surface area contributed by atoms with Gasteiger partial charge in [0, 0.05) is 35.1 Å². The van der Waals surface area contributed by atoms with Gasteiger partial charge >= 0.3 is 66.8 Å². The molecule has 0 radical (unpaired) electrons. The maximum Gasteiger partial charge on any atom is 0.460 e. The summed E-state index contributed by atoms with van der Waals surface area (Å²) in [5, 5.41) is -14.3. The summed E-state index contributed by atoms with van der Waals surface area (Å²) in [6.45, 7) is 4.28. The van der Waals surface area contributed by atoms with Crippen molar-refractivity contribution >= 4 is 31.8 Å². The second kappa shape index (κ2) is 36.6. The van der Waals surface area contributed by atoms with Crippen molar-refractivity contribution in [2.24, 2.45) is 0 Å². The van der Waals surface area contributed by atoms with Crippen molar-refractivity contribution in [2.45, 2.75) is 189 Å². The molecule has 0 aromatic heterocycles. The number of carbonyl (C=O) groups excluding carboxylic acids is 2. The van der Waals surface area contributed by atoms with Crippen LogP contribution in [0.5, 0.6) is 11.5 Å². The van der Waals surface area contributed by atoms with Crippen molar-refractivity contribution < 1.29 is 114 Å². The van der Waals surface area contributed by atoms with Gasteiger partial charge < -0.3 is 8.37 Å². The minimum Gasteiger partial charge on any atom is -0.377 e. The Balaban J connectivity index is 1.09. The fourth-order valence-electron chi connectivity index (χ4n) is 13.2. The van der Waals surface area contributed by atoms with Crippen LogP contribution in [0.15, 0.2) is 206 Å². The number of para-hydroxylation sites is 2. The van der Waals surface area contributed by atoms with Crippen LogP contribution in [-0.2, 0) is 20.2 Å². The van der Waals surface area contributed by atoms with Crippen LogP contribution in [0, 0.1) is 0 Å². The quantitative estimate of drug-likeness (QED) is 0.0161. The van der Waals surface area contributed by atoms with Crippen molar-refractivity contribution in [3.05, 3.63) is 217 Å². The Bertz CT molecular complexity index is 4710. The molecule has 28 heteroatoms. The van der Waals surface area contributed by atoms with E-state index in [1.165, 1.54) is 60.7 Å². The topological polar surface area (TPSA) is 121 Å². The fourth-order valence-corrected chi connectivity index (χ4v) is 15.1. The smallest absolute Gasteiger partial charge is 0.377 e. The summed E-state index contributed by atoms with van der Waals surface area (Å²) in [6, 6.07) is 51.2. The van der Waals surface area contributed by atoms with Crippen LogP contribution < -0.4 is 8.37 Å². The number of hydrogen-bond acceptors (Lipinski definition) is 8. The van der Waals surface area contributed by atoms with Crippen molar-refractivity contribution in [1.82, 2.24) is 0 Å². The molecule has 114 heavy (non-hydrogen) atoms. The van der Waals surface area contributed by atoms with Crippen LogP contribution in [-0.4, -0.2) is 75.0 Å². The first-order valence-electron chi connectivity index (χ1n) is 37.0. The van der Waals surface area contributed by atoms with Gasteiger partial charge in [-0.1, -0.05) is 299 Å². The third-order valence-corrected chi connectivity index (χ3v) is 22.3. The molecular weight excluding hydrogens is 1570 g/mol. The summed E-state index contributed by atoms with van der Waals surface area (Å²) in [6.07, 6.45) is 3.99. The number of hydrogen-bond donors (Lipinski definition) is 0. The minimum absolute atomic E-state index is 0.0251. The zero-order valence-electron chi connectivity index (χ0n) is 61.7. The molecule has 0 saturated heterocycles. The molecule has 0 bridgehead atoms. The van der Waals surface area contributed by atoms with E-state index < -0.39 is 89.4 Å². The van der Waals surface area contributed by atoms with Gasteiger partial charge in [0.2, 0.25) is 0 Å². The highest BCUT2D eigenvalue weighted by Crippen LogP contribution is 2.58. The number of benzene rings is 9. The number of carbonyl (C=O) groups is 2. The highest BCUT2D eigenvalue weighted by molar-refractivity contribution is 7.88. The normalized spacial score (nSPS) is 12.9. The van der Waals surface area contributed by atoms with E-state index in [1.807, 2.05) is 24.3 Å². The van der Waals surface area contributed by atoms with Gasteiger partial charge in [0.05, 0.1) is 0 Å². The molecule has 0 N–H and O–H groups in total. The minimum atomic E-state index is -7.55. The van der Waals surface area contributed by atoms with E-state index in [4.69, 9.17) is 0 Å². The van der Waals surface area contributed by atoms with Crippen molar-refractivity contribution in [3.63, 3.8) is 0 Å². The number of rotatable bonds is 40. The molecular formula is C86H80F18O8S2. The fraction of sp³-hybridized carbons (Fsp3) is 0.349. The summed E-state index contributed by atoms with van der Waals surface area (Å²) < 4.78 is 310. The second-order valence-electron chi connectivity index (χ2n) is 27.7. The molecule has 9 aromatic carbocycles. The number of halogens is 18. The lowest BCUT2D eigenvalue weighted by Crippen LogP contribution is -2.63. The zero-order chi connectivity index (χ0) is 83.3. The number of ketones is 2. The van der Waals surface area contributed by atoms with Crippen LogP contribution >= 0.6 is 0 Å². The second-order valence-corrected chi connectivity index (χ2v) is 30.9. The summed E-state index contributed by atoms with van der Waals surface area (Å²) >= 11 is 0.